The van der Waals surface area contributed by atoms with Crippen LogP contribution < -0.4 is 10.2 Å². The Morgan fingerprint density at radius 1 is 1.30 bits per heavy atom. The number of carbonyl (C=O) groups is 2. The van der Waals surface area contributed by atoms with E-state index in [-0.39, 0.29) is 29.9 Å². The highest BCUT2D eigenvalue weighted by Gasteiger charge is 2.51. The molecule has 0 bridgehead atoms. The predicted octanol–water partition coefficient (Wildman–Crippen LogP) is 4.12. The molecule has 1 amide bonds. The highest BCUT2D eigenvalue weighted by molar-refractivity contribution is 6.32. The van der Waals surface area contributed by atoms with Crippen molar-refractivity contribution in [3.8, 4) is 0 Å². The summed E-state index contributed by atoms with van der Waals surface area (Å²) in [5, 5.41) is 3.49. The lowest BCUT2D eigenvalue weighted by molar-refractivity contribution is 0.0465. The molecule has 1 spiro atoms. The third kappa shape index (κ3) is 4.54. The van der Waals surface area contributed by atoms with Crippen molar-refractivity contribution < 1.29 is 19.1 Å². The number of carbonyl (C=O) groups excluding carboxylic acids is 2. The molecule has 8 nitrogen and oxygen atoms in total. The van der Waals surface area contributed by atoms with Crippen molar-refractivity contribution in [2.75, 3.05) is 18.1 Å². The third-order valence-corrected chi connectivity index (χ3v) is 7.26. The van der Waals surface area contributed by atoms with Crippen LogP contribution in [0, 0.1) is 5.41 Å². The maximum absolute atomic E-state index is 12.6. The molecule has 9 heteroatoms. The average Bonchev–Trinajstić information content (AvgIpc) is 3.47. The van der Waals surface area contributed by atoms with Crippen molar-refractivity contribution in [2.45, 2.75) is 57.2 Å². The molecule has 1 aromatic heterocycles. The van der Waals surface area contributed by atoms with Crippen LogP contribution in [0.2, 0.25) is 5.15 Å². The SMILES string of the molecule is CC1(CC2CC3(CCN2)CC3)COC(=O)N1c1cnc(C(=O)OCc2ccccc2)c(Cl)n1. The Hall–Kier alpha value is -2.71. The fourth-order valence-electron chi connectivity index (χ4n) is 5.03. The number of ether oxygens (including phenoxy) is 2. The number of anilines is 1. The molecule has 2 unspecified atom stereocenters. The summed E-state index contributed by atoms with van der Waals surface area (Å²) < 4.78 is 10.7. The summed E-state index contributed by atoms with van der Waals surface area (Å²) in [7, 11) is 0. The molecular formula is C24H27ClN4O4. The highest BCUT2D eigenvalue weighted by Crippen LogP contribution is 2.54. The molecule has 5 rings (SSSR count). The molecule has 3 fully saturated rings. The number of rotatable bonds is 6. The largest absolute Gasteiger partial charge is 0.456 e. The first-order valence-electron chi connectivity index (χ1n) is 11.3. The number of halogens is 1. The maximum Gasteiger partial charge on any atom is 0.416 e. The number of amides is 1. The Bertz CT molecular complexity index is 1060. The summed E-state index contributed by atoms with van der Waals surface area (Å²) in [6, 6.07) is 9.64. The van der Waals surface area contributed by atoms with Crippen LogP contribution in [0.3, 0.4) is 0 Å². The van der Waals surface area contributed by atoms with Gasteiger partial charge in [-0.3, -0.25) is 4.90 Å². The second kappa shape index (κ2) is 8.57. The van der Waals surface area contributed by atoms with E-state index in [1.165, 1.54) is 30.4 Å². The van der Waals surface area contributed by atoms with E-state index in [4.69, 9.17) is 21.1 Å². The summed E-state index contributed by atoms with van der Waals surface area (Å²) in [6.45, 7) is 3.36. The van der Waals surface area contributed by atoms with Gasteiger partial charge in [-0.15, -0.1) is 0 Å². The van der Waals surface area contributed by atoms with Crippen molar-refractivity contribution in [3.63, 3.8) is 0 Å². The average molecular weight is 471 g/mol. The Balaban J connectivity index is 1.30. The third-order valence-electron chi connectivity index (χ3n) is 6.99. The number of cyclic esters (lactones) is 1. The minimum absolute atomic E-state index is 0.0877. The molecule has 2 atom stereocenters. The van der Waals surface area contributed by atoms with Crippen LogP contribution in [0.1, 0.15) is 55.1 Å². The van der Waals surface area contributed by atoms with Gasteiger partial charge < -0.3 is 14.8 Å². The molecule has 3 aliphatic rings. The molecule has 33 heavy (non-hydrogen) atoms. The molecule has 1 aliphatic carbocycles. The van der Waals surface area contributed by atoms with E-state index < -0.39 is 17.6 Å². The van der Waals surface area contributed by atoms with Gasteiger partial charge in [-0.05, 0) is 56.6 Å². The van der Waals surface area contributed by atoms with Gasteiger partial charge >= 0.3 is 12.1 Å². The second-order valence-electron chi connectivity index (χ2n) is 9.63. The van der Waals surface area contributed by atoms with Gasteiger partial charge in [0, 0.05) is 6.04 Å². The zero-order valence-electron chi connectivity index (χ0n) is 18.6. The van der Waals surface area contributed by atoms with Crippen molar-refractivity contribution in [2.24, 2.45) is 5.41 Å². The van der Waals surface area contributed by atoms with E-state index in [0.717, 1.165) is 24.9 Å². The first-order chi connectivity index (χ1) is 15.9. The molecule has 2 aromatic rings. The Morgan fingerprint density at radius 3 is 2.82 bits per heavy atom. The predicted molar refractivity (Wildman–Crippen MR) is 122 cm³/mol. The van der Waals surface area contributed by atoms with Crippen LogP contribution in [0.15, 0.2) is 36.5 Å². The van der Waals surface area contributed by atoms with Crippen LogP contribution in [0.5, 0.6) is 0 Å². The monoisotopic (exact) mass is 470 g/mol. The summed E-state index contributed by atoms with van der Waals surface area (Å²) in [6.07, 6.45) is 6.56. The fraction of sp³-hybridized carbons (Fsp3) is 0.500. The topological polar surface area (TPSA) is 93.7 Å². The number of nitrogens with one attached hydrogen (secondary N) is 1. The standard InChI is InChI=1S/C24H27ClN4O4/c1-23(11-17-12-24(7-8-24)9-10-26-17)15-33-22(31)29(23)18-13-27-19(20(25)28-18)21(30)32-14-16-5-3-2-4-6-16/h2-6,13,17,26H,7-12,14-15H2,1H3. The van der Waals surface area contributed by atoms with E-state index >= 15 is 0 Å². The first-order valence-corrected chi connectivity index (χ1v) is 11.7. The van der Waals surface area contributed by atoms with Gasteiger partial charge in [0.05, 0.1) is 11.7 Å². The minimum atomic E-state index is -0.671. The molecular weight excluding hydrogens is 444 g/mol. The van der Waals surface area contributed by atoms with Gasteiger partial charge in [0.1, 0.15) is 13.2 Å². The maximum atomic E-state index is 12.6. The minimum Gasteiger partial charge on any atom is -0.456 e. The molecule has 174 valence electrons. The number of hydrogen-bond acceptors (Lipinski definition) is 7. The summed E-state index contributed by atoms with van der Waals surface area (Å²) in [5.41, 5.74) is 0.669. The molecule has 2 aliphatic heterocycles. The van der Waals surface area contributed by atoms with Crippen LogP contribution in [0.4, 0.5) is 10.6 Å². The fourth-order valence-corrected chi connectivity index (χ4v) is 5.24. The summed E-state index contributed by atoms with van der Waals surface area (Å²) >= 11 is 6.30. The normalized spacial score (nSPS) is 25.7. The number of nitrogens with zero attached hydrogens (tertiary/aromatic N) is 3. The van der Waals surface area contributed by atoms with E-state index in [9.17, 15) is 9.59 Å². The van der Waals surface area contributed by atoms with Crippen LogP contribution in [-0.2, 0) is 16.1 Å². The molecule has 1 saturated carbocycles. The molecule has 3 heterocycles. The number of hydrogen-bond donors (Lipinski definition) is 1. The van der Waals surface area contributed by atoms with E-state index in [1.807, 2.05) is 37.3 Å². The first kappa shape index (κ1) is 22.1. The molecule has 2 saturated heterocycles. The van der Waals surface area contributed by atoms with Crippen LogP contribution in [0.25, 0.3) is 0 Å². The summed E-state index contributed by atoms with van der Waals surface area (Å²) in [4.78, 5) is 35.1. The lowest BCUT2D eigenvalue weighted by Crippen LogP contribution is -2.52. The Labute approximate surface area is 197 Å². The Morgan fingerprint density at radius 2 is 2.09 bits per heavy atom. The van der Waals surface area contributed by atoms with Gasteiger partial charge in [0.2, 0.25) is 0 Å². The molecule has 1 aromatic carbocycles. The summed E-state index contributed by atoms with van der Waals surface area (Å²) in [5.74, 6) is -0.405. The number of piperidine rings is 1. The Kier molecular flexibility index (Phi) is 5.74. The molecule has 1 N–H and O–H groups in total. The van der Waals surface area contributed by atoms with E-state index in [1.54, 1.807) is 0 Å². The van der Waals surface area contributed by atoms with Crippen LogP contribution in [-0.4, -0.2) is 46.8 Å². The lowest BCUT2D eigenvalue weighted by atomic mass is 9.83. The van der Waals surface area contributed by atoms with Crippen molar-refractivity contribution in [3.05, 3.63) is 52.9 Å². The zero-order chi connectivity index (χ0) is 23.1. The van der Waals surface area contributed by atoms with Crippen molar-refractivity contribution in [1.29, 1.82) is 0 Å². The highest BCUT2D eigenvalue weighted by atomic mass is 35.5. The van der Waals surface area contributed by atoms with E-state index in [0.29, 0.717) is 11.5 Å². The van der Waals surface area contributed by atoms with E-state index in [2.05, 4.69) is 15.3 Å². The van der Waals surface area contributed by atoms with Gasteiger partial charge in [0.25, 0.3) is 0 Å². The van der Waals surface area contributed by atoms with Crippen LogP contribution >= 0.6 is 11.6 Å². The quantitative estimate of drug-likeness (QED) is 0.634. The zero-order valence-corrected chi connectivity index (χ0v) is 19.3. The van der Waals surface area contributed by atoms with Gasteiger partial charge in [-0.2, -0.15) is 0 Å². The second-order valence-corrected chi connectivity index (χ2v) is 9.98. The van der Waals surface area contributed by atoms with Gasteiger partial charge in [-0.1, -0.05) is 41.9 Å². The lowest BCUT2D eigenvalue weighted by Gasteiger charge is -2.38. The number of benzene rings is 1. The van der Waals surface area contributed by atoms with Gasteiger partial charge in [0.15, 0.2) is 16.7 Å². The smallest absolute Gasteiger partial charge is 0.416 e. The number of esters is 1. The van der Waals surface area contributed by atoms with Crippen molar-refractivity contribution >= 4 is 29.5 Å². The number of aromatic nitrogens is 2. The van der Waals surface area contributed by atoms with Crippen molar-refractivity contribution in [1.82, 2.24) is 15.3 Å². The molecule has 0 radical (unpaired) electrons. The van der Waals surface area contributed by atoms with Gasteiger partial charge in [-0.25, -0.2) is 19.6 Å².